The first-order valence-corrected chi connectivity index (χ1v) is 10.7. The van der Waals surface area contributed by atoms with Crippen molar-refractivity contribution in [3.8, 4) is 5.75 Å². The van der Waals surface area contributed by atoms with Gasteiger partial charge in [0.15, 0.2) is 0 Å². The van der Waals surface area contributed by atoms with Crippen LogP contribution in [0.3, 0.4) is 0 Å². The molecule has 0 aliphatic heterocycles. The minimum atomic E-state index is -0.121. The number of benzene rings is 3. The van der Waals surface area contributed by atoms with Gasteiger partial charge < -0.3 is 9.47 Å². The average molecular weight is 403 g/mol. The van der Waals surface area contributed by atoms with Crippen LogP contribution >= 0.6 is 0 Å². The first kappa shape index (κ1) is 21.6. The summed E-state index contributed by atoms with van der Waals surface area (Å²) < 4.78 is 11.2. The Balaban J connectivity index is 1.54. The number of rotatable bonds is 11. The molecule has 0 amide bonds. The SMILES string of the molecule is CCOC(=O)C(CCCc1ccccc1)Cc1ccc(OCc2ccccc2)cc1. The Labute approximate surface area is 179 Å². The van der Waals surface area contributed by atoms with Gasteiger partial charge in [0.05, 0.1) is 12.5 Å². The summed E-state index contributed by atoms with van der Waals surface area (Å²) >= 11 is 0. The molecule has 3 rings (SSSR count). The molecule has 3 aromatic carbocycles. The van der Waals surface area contributed by atoms with Crippen molar-refractivity contribution in [1.29, 1.82) is 0 Å². The van der Waals surface area contributed by atoms with Crippen molar-refractivity contribution in [3.63, 3.8) is 0 Å². The van der Waals surface area contributed by atoms with Gasteiger partial charge in [-0.15, -0.1) is 0 Å². The van der Waals surface area contributed by atoms with Crippen LogP contribution in [0.15, 0.2) is 84.9 Å². The molecule has 0 saturated carbocycles. The third-order valence-corrected chi connectivity index (χ3v) is 5.13. The maximum atomic E-state index is 12.5. The van der Waals surface area contributed by atoms with Crippen molar-refractivity contribution in [2.45, 2.75) is 39.2 Å². The lowest BCUT2D eigenvalue weighted by Crippen LogP contribution is -2.20. The first-order chi connectivity index (χ1) is 14.7. The topological polar surface area (TPSA) is 35.5 Å². The van der Waals surface area contributed by atoms with Gasteiger partial charge in [-0.3, -0.25) is 4.79 Å². The molecule has 0 radical (unpaired) electrons. The maximum absolute atomic E-state index is 12.5. The van der Waals surface area contributed by atoms with Crippen LogP contribution in [0.1, 0.15) is 36.5 Å². The van der Waals surface area contributed by atoms with Gasteiger partial charge in [0.2, 0.25) is 0 Å². The lowest BCUT2D eigenvalue weighted by Gasteiger charge is -2.16. The third kappa shape index (κ3) is 7.07. The zero-order valence-corrected chi connectivity index (χ0v) is 17.6. The lowest BCUT2D eigenvalue weighted by molar-refractivity contribution is -0.148. The molecule has 1 atom stereocenters. The minimum Gasteiger partial charge on any atom is -0.489 e. The van der Waals surface area contributed by atoms with Crippen molar-refractivity contribution in [2.24, 2.45) is 5.92 Å². The van der Waals surface area contributed by atoms with E-state index in [9.17, 15) is 4.79 Å². The highest BCUT2D eigenvalue weighted by Crippen LogP contribution is 2.21. The molecule has 0 aromatic heterocycles. The van der Waals surface area contributed by atoms with E-state index in [2.05, 4.69) is 24.3 Å². The van der Waals surface area contributed by atoms with E-state index < -0.39 is 0 Å². The van der Waals surface area contributed by atoms with Gasteiger partial charge in [0.1, 0.15) is 12.4 Å². The number of ether oxygens (including phenoxy) is 2. The Bertz CT molecular complexity index is 873. The highest BCUT2D eigenvalue weighted by atomic mass is 16.5. The van der Waals surface area contributed by atoms with Crippen LogP contribution in [0.2, 0.25) is 0 Å². The molecule has 1 unspecified atom stereocenters. The van der Waals surface area contributed by atoms with Crippen molar-refractivity contribution in [3.05, 3.63) is 102 Å². The molecule has 3 aromatic rings. The normalized spacial score (nSPS) is 11.6. The van der Waals surface area contributed by atoms with Crippen molar-refractivity contribution in [1.82, 2.24) is 0 Å². The zero-order valence-electron chi connectivity index (χ0n) is 17.6. The monoisotopic (exact) mass is 402 g/mol. The Morgan fingerprint density at radius 1 is 0.800 bits per heavy atom. The molecular weight excluding hydrogens is 372 g/mol. The van der Waals surface area contributed by atoms with Crippen LogP contribution in [0.5, 0.6) is 5.75 Å². The summed E-state index contributed by atoms with van der Waals surface area (Å²) in [6.07, 6.45) is 3.45. The number of esters is 1. The number of hydrogen-bond acceptors (Lipinski definition) is 3. The van der Waals surface area contributed by atoms with E-state index >= 15 is 0 Å². The van der Waals surface area contributed by atoms with Crippen molar-refractivity contribution < 1.29 is 14.3 Å². The second kappa shape index (κ2) is 11.8. The van der Waals surface area contributed by atoms with Crippen molar-refractivity contribution in [2.75, 3.05) is 6.61 Å². The van der Waals surface area contributed by atoms with Crippen LogP contribution in [-0.2, 0) is 29.0 Å². The van der Waals surface area contributed by atoms with Gasteiger partial charge in [-0.1, -0.05) is 72.8 Å². The molecule has 0 aliphatic rings. The van der Waals surface area contributed by atoms with E-state index in [1.807, 2.05) is 67.6 Å². The quantitative estimate of drug-likeness (QED) is 0.368. The predicted octanol–water partition coefficient (Wildman–Crippen LogP) is 6.01. The summed E-state index contributed by atoms with van der Waals surface area (Å²) in [4.78, 5) is 12.5. The second-order valence-electron chi connectivity index (χ2n) is 7.45. The molecule has 0 heterocycles. The van der Waals surface area contributed by atoms with Gasteiger partial charge in [-0.2, -0.15) is 0 Å². The van der Waals surface area contributed by atoms with Crippen LogP contribution in [0, 0.1) is 5.92 Å². The van der Waals surface area contributed by atoms with Crippen LogP contribution in [-0.4, -0.2) is 12.6 Å². The highest BCUT2D eigenvalue weighted by Gasteiger charge is 2.20. The fourth-order valence-corrected chi connectivity index (χ4v) is 3.51. The fraction of sp³-hybridized carbons (Fsp3) is 0.296. The van der Waals surface area contributed by atoms with Gasteiger partial charge in [-0.25, -0.2) is 0 Å². The molecule has 0 N–H and O–H groups in total. The molecular formula is C27H30O3. The zero-order chi connectivity index (χ0) is 21.0. The standard InChI is InChI=1S/C27H30O3/c1-2-29-27(28)25(15-9-14-22-10-5-3-6-11-22)20-23-16-18-26(19-17-23)30-21-24-12-7-4-8-13-24/h3-8,10-13,16-19,25H,2,9,14-15,20-21H2,1H3. The predicted molar refractivity (Wildman–Crippen MR) is 120 cm³/mol. The Kier molecular flexibility index (Phi) is 8.52. The molecule has 0 spiro atoms. The largest absolute Gasteiger partial charge is 0.489 e. The van der Waals surface area contributed by atoms with Crippen molar-refractivity contribution >= 4 is 5.97 Å². The molecule has 3 nitrogen and oxygen atoms in total. The van der Waals surface area contributed by atoms with Crippen LogP contribution in [0.25, 0.3) is 0 Å². The average Bonchev–Trinajstić information content (AvgIpc) is 2.79. The Hall–Kier alpha value is -3.07. The summed E-state index contributed by atoms with van der Waals surface area (Å²) in [5.74, 6) is 0.610. The number of hydrogen-bond donors (Lipinski definition) is 0. The fourth-order valence-electron chi connectivity index (χ4n) is 3.51. The number of aryl methyl sites for hydroxylation is 1. The maximum Gasteiger partial charge on any atom is 0.309 e. The van der Waals surface area contributed by atoms with E-state index in [4.69, 9.17) is 9.47 Å². The summed E-state index contributed by atoms with van der Waals surface area (Å²) in [6, 6.07) is 28.6. The molecule has 3 heteroatoms. The summed E-state index contributed by atoms with van der Waals surface area (Å²) in [5, 5.41) is 0. The molecule has 30 heavy (non-hydrogen) atoms. The highest BCUT2D eigenvalue weighted by molar-refractivity contribution is 5.72. The number of carbonyl (C=O) groups is 1. The van der Waals surface area contributed by atoms with E-state index in [0.29, 0.717) is 19.6 Å². The van der Waals surface area contributed by atoms with Gasteiger partial charge >= 0.3 is 5.97 Å². The molecule has 0 fully saturated rings. The van der Waals surface area contributed by atoms with Gasteiger partial charge in [0, 0.05) is 0 Å². The lowest BCUT2D eigenvalue weighted by atomic mass is 9.93. The second-order valence-corrected chi connectivity index (χ2v) is 7.45. The molecule has 0 saturated heterocycles. The third-order valence-electron chi connectivity index (χ3n) is 5.13. The molecule has 0 bridgehead atoms. The van der Waals surface area contributed by atoms with E-state index in [1.54, 1.807) is 0 Å². The Morgan fingerprint density at radius 3 is 2.07 bits per heavy atom. The Morgan fingerprint density at radius 2 is 1.43 bits per heavy atom. The van der Waals surface area contributed by atoms with E-state index in [-0.39, 0.29) is 11.9 Å². The number of carbonyl (C=O) groups excluding carboxylic acids is 1. The van der Waals surface area contributed by atoms with E-state index in [1.165, 1.54) is 5.56 Å². The molecule has 156 valence electrons. The minimum absolute atomic E-state index is 0.102. The van der Waals surface area contributed by atoms with Gasteiger partial charge in [0.25, 0.3) is 0 Å². The molecule has 0 aliphatic carbocycles. The summed E-state index contributed by atoms with van der Waals surface area (Å²) in [6.45, 7) is 2.82. The van der Waals surface area contributed by atoms with Crippen LogP contribution in [0.4, 0.5) is 0 Å². The van der Waals surface area contributed by atoms with Gasteiger partial charge in [-0.05, 0) is 61.4 Å². The van der Waals surface area contributed by atoms with Crippen LogP contribution < -0.4 is 4.74 Å². The smallest absolute Gasteiger partial charge is 0.309 e. The van der Waals surface area contributed by atoms with E-state index in [0.717, 1.165) is 36.1 Å². The first-order valence-electron chi connectivity index (χ1n) is 10.7. The summed E-state index contributed by atoms with van der Waals surface area (Å²) in [5.41, 5.74) is 3.57. The summed E-state index contributed by atoms with van der Waals surface area (Å²) in [7, 11) is 0.